The van der Waals surface area contributed by atoms with Crippen LogP contribution in [0.3, 0.4) is 0 Å². The molecular weight excluding hydrogens is 183 g/mol. The average Bonchev–Trinajstić information content (AvgIpc) is 2.07. The Balaban J connectivity index is 3.43. The van der Waals surface area contributed by atoms with Crippen molar-refractivity contribution in [2.75, 3.05) is 0 Å². The summed E-state index contributed by atoms with van der Waals surface area (Å²) in [7, 11) is 0. The number of pyridine rings is 1. The van der Waals surface area contributed by atoms with E-state index in [1.54, 1.807) is 0 Å². The Morgan fingerprint density at radius 3 is 2.54 bits per heavy atom. The van der Waals surface area contributed by atoms with E-state index in [0.29, 0.717) is 0 Å². The van der Waals surface area contributed by atoms with E-state index in [9.17, 15) is 18.0 Å². The zero-order valence-corrected chi connectivity index (χ0v) is 6.72. The van der Waals surface area contributed by atoms with Gasteiger partial charge in [0, 0.05) is 11.8 Å². The predicted octanol–water partition coefficient (Wildman–Crippen LogP) is 2.28. The number of nitrogens with zero attached hydrogens (tertiary/aromatic N) is 1. The number of aromatic nitrogens is 1. The van der Waals surface area contributed by atoms with Crippen LogP contribution in [0.5, 0.6) is 0 Å². The number of carbonyl (C=O) groups is 1. The van der Waals surface area contributed by atoms with Gasteiger partial charge in [0.25, 0.3) is 6.43 Å². The maximum absolute atomic E-state index is 12.7. The van der Waals surface area contributed by atoms with E-state index < -0.39 is 23.5 Å². The highest BCUT2D eigenvalue weighted by atomic mass is 19.3. The number of alkyl halides is 2. The molecule has 0 N–H and O–H groups in total. The highest BCUT2D eigenvalue weighted by Gasteiger charge is 2.19. The van der Waals surface area contributed by atoms with Gasteiger partial charge in [0.2, 0.25) is 5.95 Å². The van der Waals surface area contributed by atoms with Crippen LogP contribution in [0.1, 0.15) is 27.9 Å². The molecule has 1 rings (SSSR count). The third-order valence-electron chi connectivity index (χ3n) is 1.64. The Labute approximate surface area is 72.4 Å². The van der Waals surface area contributed by atoms with E-state index >= 15 is 0 Å². The molecule has 0 spiro atoms. The van der Waals surface area contributed by atoms with Gasteiger partial charge in [-0.1, -0.05) is 0 Å². The first kappa shape index (κ1) is 9.70. The molecule has 2 nitrogen and oxygen atoms in total. The number of aldehydes is 1. The maximum Gasteiger partial charge on any atom is 0.265 e. The first-order valence-electron chi connectivity index (χ1n) is 3.46. The molecule has 13 heavy (non-hydrogen) atoms. The fourth-order valence-corrected chi connectivity index (χ4v) is 1.02. The molecule has 0 amide bonds. The van der Waals surface area contributed by atoms with Crippen LogP contribution in [-0.4, -0.2) is 11.3 Å². The molecule has 0 saturated carbocycles. The molecule has 1 aromatic heterocycles. The van der Waals surface area contributed by atoms with Crippen molar-refractivity contribution in [1.29, 1.82) is 0 Å². The second-order valence-corrected chi connectivity index (χ2v) is 2.48. The van der Waals surface area contributed by atoms with Crippen molar-refractivity contribution in [3.05, 3.63) is 28.8 Å². The van der Waals surface area contributed by atoms with Crippen LogP contribution >= 0.6 is 0 Å². The maximum atomic E-state index is 12.7. The topological polar surface area (TPSA) is 30.0 Å². The summed E-state index contributed by atoms with van der Waals surface area (Å²) in [6.07, 6.45) is -1.83. The van der Waals surface area contributed by atoms with Gasteiger partial charge >= 0.3 is 0 Å². The van der Waals surface area contributed by atoms with E-state index in [2.05, 4.69) is 4.98 Å². The van der Waals surface area contributed by atoms with Gasteiger partial charge in [-0.15, -0.1) is 0 Å². The van der Waals surface area contributed by atoms with Crippen molar-refractivity contribution in [1.82, 2.24) is 4.98 Å². The zero-order valence-electron chi connectivity index (χ0n) is 6.72. The molecule has 0 aromatic carbocycles. The highest BCUT2D eigenvalue weighted by Crippen LogP contribution is 2.25. The minimum absolute atomic E-state index is 0.0524. The molecule has 0 aliphatic carbocycles. The summed E-state index contributed by atoms with van der Waals surface area (Å²) < 4.78 is 37.3. The molecular formula is C8H6F3NO. The van der Waals surface area contributed by atoms with Crippen molar-refractivity contribution >= 4 is 6.29 Å². The van der Waals surface area contributed by atoms with E-state index in [-0.39, 0.29) is 11.8 Å². The molecule has 1 heterocycles. The second-order valence-electron chi connectivity index (χ2n) is 2.48. The highest BCUT2D eigenvalue weighted by molar-refractivity contribution is 5.77. The van der Waals surface area contributed by atoms with E-state index in [4.69, 9.17) is 0 Å². The molecule has 0 atom stereocenters. The summed E-state index contributed by atoms with van der Waals surface area (Å²) in [5.41, 5.74) is -1.13. The van der Waals surface area contributed by atoms with Gasteiger partial charge in [0.05, 0.1) is 5.56 Å². The lowest BCUT2D eigenvalue weighted by Crippen LogP contribution is -2.02. The van der Waals surface area contributed by atoms with Crippen LogP contribution in [-0.2, 0) is 0 Å². The number of hydrogen-bond acceptors (Lipinski definition) is 2. The quantitative estimate of drug-likeness (QED) is 0.527. The summed E-state index contributed by atoms with van der Waals surface area (Å²) in [6, 6.07) is 0. The summed E-state index contributed by atoms with van der Waals surface area (Å²) in [6.45, 7) is 1.35. The minimum atomic E-state index is -2.86. The third kappa shape index (κ3) is 1.68. The Morgan fingerprint density at radius 1 is 1.54 bits per heavy atom. The molecule has 0 saturated heterocycles. The van der Waals surface area contributed by atoms with Crippen molar-refractivity contribution in [2.24, 2.45) is 0 Å². The number of hydrogen-bond donors (Lipinski definition) is 0. The van der Waals surface area contributed by atoms with Crippen molar-refractivity contribution in [3.63, 3.8) is 0 Å². The summed E-state index contributed by atoms with van der Waals surface area (Å²) in [5.74, 6) is -1.16. The van der Waals surface area contributed by atoms with Gasteiger partial charge in [0.15, 0.2) is 6.29 Å². The van der Waals surface area contributed by atoms with Gasteiger partial charge < -0.3 is 0 Å². The Hall–Kier alpha value is -1.39. The molecule has 0 aliphatic rings. The molecule has 5 heteroatoms. The fourth-order valence-electron chi connectivity index (χ4n) is 1.02. The number of rotatable bonds is 2. The van der Waals surface area contributed by atoms with E-state index in [0.717, 1.165) is 6.20 Å². The molecule has 0 aliphatic heterocycles. The summed E-state index contributed by atoms with van der Waals surface area (Å²) >= 11 is 0. The number of carbonyl (C=O) groups excluding carboxylic acids is 1. The third-order valence-corrected chi connectivity index (χ3v) is 1.64. The first-order valence-corrected chi connectivity index (χ1v) is 3.46. The first-order chi connectivity index (χ1) is 6.07. The molecule has 0 radical (unpaired) electrons. The predicted molar refractivity (Wildman–Crippen MR) is 39.3 cm³/mol. The lowest BCUT2D eigenvalue weighted by molar-refractivity contribution is 0.110. The summed E-state index contributed by atoms with van der Waals surface area (Å²) in [4.78, 5) is 13.5. The van der Waals surface area contributed by atoms with Crippen molar-refractivity contribution < 1.29 is 18.0 Å². The van der Waals surface area contributed by atoms with Crippen molar-refractivity contribution in [3.8, 4) is 0 Å². The van der Waals surface area contributed by atoms with Gasteiger partial charge in [0.1, 0.15) is 0 Å². The van der Waals surface area contributed by atoms with Gasteiger partial charge in [-0.05, 0) is 12.5 Å². The standard InChI is InChI=1S/C8H6F3NO/c1-4-2-12-8(11)5(3-13)6(4)7(9)10/h2-3,7H,1H3. The summed E-state index contributed by atoms with van der Waals surface area (Å²) in [5, 5.41) is 0. The SMILES string of the molecule is Cc1cnc(F)c(C=O)c1C(F)F. The molecule has 0 unspecified atom stereocenters. The molecule has 0 bridgehead atoms. The van der Waals surface area contributed by atoms with Crippen LogP contribution in [0.2, 0.25) is 0 Å². The molecule has 0 fully saturated rings. The van der Waals surface area contributed by atoms with Crippen LogP contribution < -0.4 is 0 Å². The van der Waals surface area contributed by atoms with Crippen LogP contribution in [0.15, 0.2) is 6.20 Å². The fraction of sp³-hybridized carbons (Fsp3) is 0.250. The van der Waals surface area contributed by atoms with E-state index in [1.807, 2.05) is 0 Å². The van der Waals surface area contributed by atoms with E-state index in [1.165, 1.54) is 6.92 Å². The molecule has 70 valence electrons. The normalized spacial score (nSPS) is 10.5. The van der Waals surface area contributed by atoms with Crippen LogP contribution in [0, 0.1) is 12.9 Å². The minimum Gasteiger partial charge on any atom is -0.298 e. The van der Waals surface area contributed by atoms with Crippen LogP contribution in [0.4, 0.5) is 13.2 Å². The Bertz CT molecular complexity index is 338. The second kappa shape index (κ2) is 3.55. The average molecular weight is 189 g/mol. The Kier molecular flexibility index (Phi) is 2.65. The van der Waals surface area contributed by atoms with Gasteiger partial charge in [-0.3, -0.25) is 4.79 Å². The largest absolute Gasteiger partial charge is 0.298 e. The van der Waals surface area contributed by atoms with Crippen LogP contribution in [0.25, 0.3) is 0 Å². The number of halogens is 3. The van der Waals surface area contributed by atoms with Crippen molar-refractivity contribution in [2.45, 2.75) is 13.3 Å². The smallest absolute Gasteiger partial charge is 0.265 e. The Morgan fingerprint density at radius 2 is 2.15 bits per heavy atom. The van der Waals surface area contributed by atoms with Gasteiger partial charge in [-0.2, -0.15) is 4.39 Å². The molecule has 1 aromatic rings. The lowest BCUT2D eigenvalue weighted by atomic mass is 10.1. The number of aryl methyl sites for hydroxylation is 1. The monoisotopic (exact) mass is 189 g/mol. The lowest BCUT2D eigenvalue weighted by Gasteiger charge is -2.06. The van der Waals surface area contributed by atoms with Gasteiger partial charge in [-0.25, -0.2) is 13.8 Å². The zero-order chi connectivity index (χ0) is 10.0.